The molecule has 0 aliphatic carbocycles. The molecule has 0 saturated heterocycles. The number of hydrogen-bond acceptors (Lipinski definition) is 7. The maximum atomic E-state index is 13.7. The summed E-state index contributed by atoms with van der Waals surface area (Å²) < 4.78 is 21.2. The van der Waals surface area contributed by atoms with Crippen LogP contribution >= 0.6 is 0 Å². The second-order valence-electron chi connectivity index (χ2n) is 7.70. The fourth-order valence-electron chi connectivity index (χ4n) is 3.18. The third-order valence-electron chi connectivity index (χ3n) is 4.86. The number of hydrogen-bond donors (Lipinski definition) is 2. The highest BCUT2D eigenvalue weighted by atomic mass is 19.1. The minimum absolute atomic E-state index is 0.313. The number of fused-ring (bicyclic) bond motifs is 1. The molecule has 0 aliphatic heterocycles. The Morgan fingerprint density at radius 3 is 2.79 bits per heavy atom. The SMILES string of the molecule is C=CC(=O)Nc1cc(Nc2ncn3cnc(-c4cccc(F)c4)c3n2)ccc1OCCN(C)C. The Kier molecular flexibility index (Phi) is 6.79. The van der Waals surface area contributed by atoms with Crippen molar-refractivity contribution in [2.45, 2.75) is 0 Å². The number of carbonyl (C=O) groups is 1. The van der Waals surface area contributed by atoms with Gasteiger partial charge in [-0.1, -0.05) is 18.7 Å². The van der Waals surface area contributed by atoms with Crippen molar-refractivity contribution in [1.82, 2.24) is 24.3 Å². The van der Waals surface area contributed by atoms with Crippen molar-refractivity contribution in [3.8, 4) is 17.0 Å². The quantitative estimate of drug-likeness (QED) is 0.367. The molecule has 1 amide bonds. The summed E-state index contributed by atoms with van der Waals surface area (Å²) in [6.45, 7) is 4.68. The van der Waals surface area contributed by atoms with Gasteiger partial charge >= 0.3 is 0 Å². The lowest BCUT2D eigenvalue weighted by molar-refractivity contribution is -0.111. The van der Waals surface area contributed by atoms with Gasteiger partial charge in [-0.25, -0.2) is 14.4 Å². The Morgan fingerprint density at radius 2 is 2.03 bits per heavy atom. The van der Waals surface area contributed by atoms with Crippen molar-refractivity contribution in [2.75, 3.05) is 37.9 Å². The van der Waals surface area contributed by atoms with E-state index < -0.39 is 0 Å². The van der Waals surface area contributed by atoms with Gasteiger partial charge in [0.1, 0.15) is 36.5 Å². The van der Waals surface area contributed by atoms with Gasteiger partial charge in [0, 0.05) is 17.8 Å². The van der Waals surface area contributed by atoms with Crippen LogP contribution in [0.1, 0.15) is 0 Å². The van der Waals surface area contributed by atoms with Gasteiger partial charge in [-0.3, -0.25) is 9.20 Å². The molecule has 10 heteroatoms. The van der Waals surface area contributed by atoms with Gasteiger partial charge in [0.05, 0.1) is 5.69 Å². The summed E-state index contributed by atoms with van der Waals surface area (Å²) in [6, 6.07) is 11.4. The molecular weight excluding hydrogens is 437 g/mol. The van der Waals surface area contributed by atoms with Crippen LogP contribution in [0.5, 0.6) is 5.75 Å². The number of benzene rings is 2. The van der Waals surface area contributed by atoms with E-state index in [1.54, 1.807) is 47.4 Å². The minimum atomic E-state index is -0.355. The maximum Gasteiger partial charge on any atom is 0.247 e. The number of amides is 1. The summed E-state index contributed by atoms with van der Waals surface area (Å²) >= 11 is 0. The summed E-state index contributed by atoms with van der Waals surface area (Å²) in [5.74, 6) is 0.135. The zero-order chi connectivity index (χ0) is 24.1. The molecule has 0 saturated carbocycles. The van der Waals surface area contributed by atoms with Crippen molar-refractivity contribution in [1.29, 1.82) is 0 Å². The highest BCUT2D eigenvalue weighted by Crippen LogP contribution is 2.30. The number of anilines is 3. The van der Waals surface area contributed by atoms with Gasteiger partial charge in [-0.15, -0.1) is 0 Å². The zero-order valence-electron chi connectivity index (χ0n) is 18.8. The summed E-state index contributed by atoms with van der Waals surface area (Å²) in [6.07, 6.45) is 4.33. The van der Waals surface area contributed by atoms with Crippen LogP contribution in [-0.2, 0) is 4.79 Å². The number of rotatable bonds is 9. The standard InChI is InChI=1S/C24H24FN7O2/c1-4-21(33)29-19-13-18(8-9-20(19)34-11-10-31(2)3)28-24-27-15-32-14-26-22(23(32)30-24)16-6-5-7-17(25)12-16/h4-9,12-15H,1,10-11H2,2-3H3,(H,28,30)(H,29,33). The largest absolute Gasteiger partial charge is 0.490 e. The Balaban J connectivity index is 1.61. The smallest absolute Gasteiger partial charge is 0.247 e. The lowest BCUT2D eigenvalue weighted by atomic mass is 10.1. The number of aromatic nitrogens is 4. The monoisotopic (exact) mass is 461 g/mol. The number of halogens is 1. The lowest BCUT2D eigenvalue weighted by Gasteiger charge is -2.15. The van der Waals surface area contributed by atoms with Gasteiger partial charge in [-0.2, -0.15) is 4.98 Å². The van der Waals surface area contributed by atoms with Crippen molar-refractivity contribution in [3.63, 3.8) is 0 Å². The van der Waals surface area contributed by atoms with E-state index in [1.165, 1.54) is 18.2 Å². The van der Waals surface area contributed by atoms with E-state index in [2.05, 4.69) is 32.2 Å². The van der Waals surface area contributed by atoms with Crippen LogP contribution in [0.4, 0.5) is 21.7 Å². The molecule has 34 heavy (non-hydrogen) atoms. The second kappa shape index (κ2) is 10.1. The van der Waals surface area contributed by atoms with E-state index >= 15 is 0 Å². The third kappa shape index (κ3) is 5.36. The molecule has 0 radical (unpaired) electrons. The molecule has 0 fully saturated rings. The number of nitrogens with one attached hydrogen (secondary N) is 2. The lowest BCUT2D eigenvalue weighted by Crippen LogP contribution is -2.20. The molecule has 174 valence electrons. The van der Waals surface area contributed by atoms with E-state index in [9.17, 15) is 9.18 Å². The normalized spacial score (nSPS) is 10.9. The Bertz CT molecular complexity index is 1340. The van der Waals surface area contributed by atoms with Gasteiger partial charge < -0.3 is 20.3 Å². The molecule has 2 N–H and O–H groups in total. The molecule has 0 atom stereocenters. The van der Waals surface area contributed by atoms with Crippen LogP contribution < -0.4 is 15.4 Å². The van der Waals surface area contributed by atoms with E-state index in [0.717, 1.165) is 6.54 Å². The topological polar surface area (TPSA) is 96.7 Å². The Hall–Kier alpha value is -4.31. The first-order chi connectivity index (χ1) is 16.4. The molecular formula is C24H24FN7O2. The second-order valence-corrected chi connectivity index (χ2v) is 7.70. The number of imidazole rings is 1. The predicted octanol–water partition coefficient (Wildman–Crippen LogP) is 3.74. The molecule has 9 nitrogen and oxygen atoms in total. The van der Waals surface area contributed by atoms with Crippen LogP contribution in [0, 0.1) is 5.82 Å². The first-order valence-corrected chi connectivity index (χ1v) is 10.5. The molecule has 2 aromatic carbocycles. The average Bonchev–Trinajstić information content (AvgIpc) is 3.23. The number of ether oxygens (including phenoxy) is 1. The summed E-state index contributed by atoms with van der Waals surface area (Å²) in [7, 11) is 3.90. The molecule has 2 aromatic heterocycles. The predicted molar refractivity (Wildman–Crippen MR) is 129 cm³/mol. The first kappa shape index (κ1) is 22.9. The molecule has 0 bridgehead atoms. The van der Waals surface area contributed by atoms with Gasteiger partial charge in [-0.05, 0) is 50.5 Å². The summed E-state index contributed by atoms with van der Waals surface area (Å²) in [4.78, 5) is 27.1. The van der Waals surface area contributed by atoms with Gasteiger partial charge in [0.2, 0.25) is 11.9 Å². The molecule has 0 spiro atoms. The fourth-order valence-corrected chi connectivity index (χ4v) is 3.18. The Labute approximate surface area is 195 Å². The minimum Gasteiger partial charge on any atom is -0.490 e. The van der Waals surface area contributed by atoms with Crippen LogP contribution in [0.2, 0.25) is 0 Å². The first-order valence-electron chi connectivity index (χ1n) is 10.5. The number of likely N-dealkylation sites (N-methyl/N-ethyl adjacent to an activating group) is 1. The highest BCUT2D eigenvalue weighted by molar-refractivity contribution is 6.00. The molecule has 0 aliphatic rings. The average molecular weight is 462 g/mol. The summed E-state index contributed by atoms with van der Waals surface area (Å²) in [5.41, 5.74) is 2.79. The van der Waals surface area contributed by atoms with E-state index in [1.807, 2.05) is 19.0 Å². The fraction of sp³-hybridized carbons (Fsp3) is 0.167. The van der Waals surface area contributed by atoms with Crippen molar-refractivity contribution in [3.05, 3.63) is 73.6 Å². The zero-order valence-corrected chi connectivity index (χ0v) is 18.8. The number of carbonyl (C=O) groups excluding carboxylic acids is 1. The molecule has 4 aromatic rings. The van der Waals surface area contributed by atoms with Crippen molar-refractivity contribution < 1.29 is 13.9 Å². The van der Waals surface area contributed by atoms with Crippen LogP contribution in [0.15, 0.2) is 67.8 Å². The molecule has 0 unspecified atom stereocenters. The molecule has 2 heterocycles. The van der Waals surface area contributed by atoms with Crippen LogP contribution in [0.25, 0.3) is 16.9 Å². The highest BCUT2D eigenvalue weighted by Gasteiger charge is 2.13. The molecule has 4 rings (SSSR count). The van der Waals surface area contributed by atoms with Crippen LogP contribution in [-0.4, -0.2) is 57.4 Å². The summed E-state index contributed by atoms with van der Waals surface area (Å²) in [5, 5.41) is 5.89. The van der Waals surface area contributed by atoms with E-state index in [0.29, 0.717) is 46.6 Å². The Morgan fingerprint density at radius 1 is 1.21 bits per heavy atom. The van der Waals surface area contributed by atoms with Crippen molar-refractivity contribution >= 4 is 28.9 Å². The van der Waals surface area contributed by atoms with E-state index in [4.69, 9.17) is 4.74 Å². The van der Waals surface area contributed by atoms with Crippen molar-refractivity contribution in [2.24, 2.45) is 0 Å². The number of nitrogens with zero attached hydrogens (tertiary/aromatic N) is 5. The van der Waals surface area contributed by atoms with Crippen LogP contribution in [0.3, 0.4) is 0 Å². The maximum absolute atomic E-state index is 13.7. The van der Waals surface area contributed by atoms with E-state index in [-0.39, 0.29) is 11.7 Å². The van der Waals surface area contributed by atoms with Gasteiger partial charge in [0.25, 0.3) is 0 Å². The third-order valence-corrected chi connectivity index (χ3v) is 4.86. The van der Waals surface area contributed by atoms with Gasteiger partial charge in [0.15, 0.2) is 5.65 Å².